The van der Waals surface area contributed by atoms with Crippen LogP contribution in [-0.4, -0.2) is 44.2 Å². The minimum Gasteiger partial charge on any atom is -0.396 e. The van der Waals surface area contributed by atoms with Crippen molar-refractivity contribution < 1.29 is 13.5 Å². The van der Waals surface area contributed by atoms with Gasteiger partial charge in [0.2, 0.25) is 0 Å². The van der Waals surface area contributed by atoms with Crippen molar-refractivity contribution in [3.63, 3.8) is 0 Å². The van der Waals surface area contributed by atoms with E-state index in [0.717, 1.165) is 38.6 Å². The first-order chi connectivity index (χ1) is 8.47. The van der Waals surface area contributed by atoms with Crippen LogP contribution in [0.4, 0.5) is 0 Å². The molecule has 0 saturated carbocycles. The van der Waals surface area contributed by atoms with Crippen molar-refractivity contribution in [3.8, 4) is 0 Å². The van der Waals surface area contributed by atoms with E-state index < -0.39 is 9.84 Å². The van der Waals surface area contributed by atoms with Gasteiger partial charge in [-0.25, -0.2) is 8.42 Å². The standard InChI is InChI=1S/C13H27NO3S/c1-3-13(4-2,7-8-15)11-14-12-6-5-9-18(16,17)10-12/h12,14-15H,3-11H2,1-2H3. The van der Waals surface area contributed by atoms with Crippen molar-refractivity contribution in [2.45, 2.75) is 52.0 Å². The molecule has 1 saturated heterocycles. The Hall–Kier alpha value is -0.130. The van der Waals surface area contributed by atoms with E-state index in [4.69, 9.17) is 5.11 Å². The molecule has 1 unspecified atom stereocenters. The molecule has 1 fully saturated rings. The van der Waals surface area contributed by atoms with Gasteiger partial charge in [0.15, 0.2) is 9.84 Å². The van der Waals surface area contributed by atoms with Gasteiger partial charge in [-0.3, -0.25) is 0 Å². The maximum atomic E-state index is 11.6. The Bertz CT molecular complexity index is 336. The fourth-order valence-corrected chi connectivity index (χ4v) is 4.39. The van der Waals surface area contributed by atoms with Gasteiger partial charge in [-0.1, -0.05) is 13.8 Å². The molecule has 1 rings (SSSR count). The molecule has 0 aromatic carbocycles. The minimum atomic E-state index is -2.84. The zero-order valence-corrected chi connectivity index (χ0v) is 12.4. The van der Waals surface area contributed by atoms with Crippen LogP contribution in [0, 0.1) is 5.41 Å². The molecule has 0 aromatic heterocycles. The van der Waals surface area contributed by atoms with Crippen LogP contribution in [-0.2, 0) is 9.84 Å². The fraction of sp³-hybridized carbons (Fsp3) is 1.00. The lowest BCUT2D eigenvalue weighted by Gasteiger charge is -2.34. The number of rotatable bonds is 7. The van der Waals surface area contributed by atoms with E-state index in [1.807, 2.05) is 0 Å². The Morgan fingerprint density at radius 1 is 1.33 bits per heavy atom. The van der Waals surface area contributed by atoms with Crippen LogP contribution in [0.3, 0.4) is 0 Å². The summed E-state index contributed by atoms with van der Waals surface area (Å²) in [5, 5.41) is 12.6. The Morgan fingerprint density at radius 3 is 2.50 bits per heavy atom. The largest absolute Gasteiger partial charge is 0.396 e. The predicted octanol–water partition coefficient (Wildman–Crippen LogP) is 1.34. The van der Waals surface area contributed by atoms with Gasteiger partial charge >= 0.3 is 0 Å². The van der Waals surface area contributed by atoms with E-state index in [2.05, 4.69) is 19.2 Å². The molecule has 0 aliphatic carbocycles. The van der Waals surface area contributed by atoms with Gasteiger partial charge in [-0.15, -0.1) is 0 Å². The lowest BCUT2D eigenvalue weighted by atomic mass is 9.79. The highest BCUT2D eigenvalue weighted by molar-refractivity contribution is 7.91. The number of sulfone groups is 1. The van der Waals surface area contributed by atoms with Crippen LogP contribution in [0.15, 0.2) is 0 Å². The summed E-state index contributed by atoms with van der Waals surface area (Å²) in [4.78, 5) is 0. The second-order valence-corrected chi connectivity index (χ2v) is 7.74. The maximum Gasteiger partial charge on any atom is 0.151 e. The lowest BCUT2D eigenvalue weighted by molar-refractivity contribution is 0.159. The van der Waals surface area contributed by atoms with Crippen molar-refractivity contribution in [3.05, 3.63) is 0 Å². The van der Waals surface area contributed by atoms with Gasteiger partial charge in [-0.2, -0.15) is 0 Å². The van der Waals surface area contributed by atoms with Crippen LogP contribution in [0.2, 0.25) is 0 Å². The first-order valence-electron chi connectivity index (χ1n) is 7.01. The molecular weight excluding hydrogens is 250 g/mol. The van der Waals surface area contributed by atoms with Gasteiger partial charge in [0, 0.05) is 19.2 Å². The summed E-state index contributed by atoms with van der Waals surface area (Å²) in [6.07, 6.45) is 4.52. The summed E-state index contributed by atoms with van der Waals surface area (Å²) in [5.41, 5.74) is 0.107. The molecule has 2 N–H and O–H groups in total. The van der Waals surface area contributed by atoms with E-state index in [-0.39, 0.29) is 23.8 Å². The quantitative estimate of drug-likeness (QED) is 0.737. The molecule has 1 heterocycles. The van der Waals surface area contributed by atoms with Gasteiger partial charge in [-0.05, 0) is 37.5 Å². The monoisotopic (exact) mass is 277 g/mol. The van der Waals surface area contributed by atoms with Crippen LogP contribution < -0.4 is 5.32 Å². The third-order valence-corrected chi connectivity index (χ3v) is 6.19. The minimum absolute atomic E-state index is 0.0971. The van der Waals surface area contributed by atoms with Crippen molar-refractivity contribution in [2.24, 2.45) is 5.41 Å². The second kappa shape index (κ2) is 6.87. The summed E-state index contributed by atoms with van der Waals surface area (Å²) in [6, 6.07) is 0.0971. The zero-order valence-electron chi connectivity index (χ0n) is 11.6. The molecule has 0 aromatic rings. The van der Waals surface area contributed by atoms with Crippen LogP contribution >= 0.6 is 0 Å². The van der Waals surface area contributed by atoms with Gasteiger partial charge in [0.1, 0.15) is 0 Å². The molecule has 5 heteroatoms. The van der Waals surface area contributed by atoms with E-state index in [1.54, 1.807) is 0 Å². The summed E-state index contributed by atoms with van der Waals surface area (Å²) in [6.45, 7) is 5.28. The molecule has 18 heavy (non-hydrogen) atoms. The number of nitrogens with one attached hydrogen (secondary N) is 1. The van der Waals surface area contributed by atoms with Crippen LogP contribution in [0.1, 0.15) is 46.0 Å². The molecular formula is C13H27NO3S. The highest BCUT2D eigenvalue weighted by Crippen LogP contribution is 2.29. The summed E-state index contributed by atoms with van der Waals surface area (Å²) >= 11 is 0. The molecule has 0 bridgehead atoms. The third kappa shape index (κ3) is 4.52. The third-order valence-electron chi connectivity index (χ3n) is 4.37. The molecule has 108 valence electrons. The Morgan fingerprint density at radius 2 is 2.00 bits per heavy atom. The summed E-state index contributed by atoms with van der Waals surface area (Å²) < 4.78 is 23.1. The molecule has 0 amide bonds. The molecule has 4 nitrogen and oxygen atoms in total. The van der Waals surface area contributed by atoms with Crippen LogP contribution in [0.25, 0.3) is 0 Å². The Balaban J connectivity index is 2.51. The number of hydrogen-bond donors (Lipinski definition) is 2. The normalized spacial score (nSPS) is 24.1. The second-order valence-electron chi connectivity index (χ2n) is 5.52. The van der Waals surface area contributed by atoms with Gasteiger partial charge < -0.3 is 10.4 Å². The zero-order chi connectivity index (χ0) is 13.6. The summed E-state index contributed by atoms with van der Waals surface area (Å²) in [5.74, 6) is 0.615. The van der Waals surface area contributed by atoms with Crippen molar-refractivity contribution in [2.75, 3.05) is 24.7 Å². The number of hydrogen-bond acceptors (Lipinski definition) is 4. The average Bonchev–Trinajstić information content (AvgIpc) is 2.33. The first-order valence-corrected chi connectivity index (χ1v) is 8.84. The van der Waals surface area contributed by atoms with Gasteiger partial charge in [0.05, 0.1) is 11.5 Å². The predicted molar refractivity (Wildman–Crippen MR) is 74.4 cm³/mol. The highest BCUT2D eigenvalue weighted by Gasteiger charge is 2.29. The van der Waals surface area contributed by atoms with Crippen LogP contribution in [0.5, 0.6) is 0 Å². The topological polar surface area (TPSA) is 66.4 Å². The van der Waals surface area contributed by atoms with Crippen molar-refractivity contribution in [1.82, 2.24) is 5.32 Å². The Kier molecular flexibility index (Phi) is 6.08. The van der Waals surface area contributed by atoms with E-state index in [0.29, 0.717) is 5.75 Å². The number of aliphatic hydroxyl groups excluding tert-OH is 1. The van der Waals surface area contributed by atoms with E-state index in [1.165, 1.54) is 0 Å². The van der Waals surface area contributed by atoms with Gasteiger partial charge in [0.25, 0.3) is 0 Å². The van der Waals surface area contributed by atoms with Crippen molar-refractivity contribution in [1.29, 1.82) is 0 Å². The van der Waals surface area contributed by atoms with E-state index in [9.17, 15) is 8.42 Å². The SMILES string of the molecule is CCC(CC)(CCO)CNC1CCCS(=O)(=O)C1. The lowest BCUT2D eigenvalue weighted by Crippen LogP contribution is -2.45. The number of aliphatic hydroxyl groups is 1. The van der Waals surface area contributed by atoms with E-state index >= 15 is 0 Å². The summed E-state index contributed by atoms with van der Waals surface area (Å²) in [7, 11) is -2.84. The molecule has 1 aliphatic heterocycles. The molecule has 0 spiro atoms. The van der Waals surface area contributed by atoms with Crippen molar-refractivity contribution >= 4 is 9.84 Å². The molecule has 1 aliphatic rings. The Labute approximate surface area is 111 Å². The average molecular weight is 277 g/mol. The smallest absolute Gasteiger partial charge is 0.151 e. The fourth-order valence-electron chi connectivity index (χ4n) is 2.72. The first kappa shape index (κ1) is 15.9. The molecule has 0 radical (unpaired) electrons. The highest BCUT2D eigenvalue weighted by atomic mass is 32.2. The maximum absolute atomic E-state index is 11.6. The molecule has 1 atom stereocenters.